The second kappa shape index (κ2) is 6.45. The van der Waals surface area contributed by atoms with Gasteiger partial charge >= 0.3 is 0 Å². The van der Waals surface area contributed by atoms with E-state index in [0.29, 0.717) is 12.6 Å². The Hall–Kier alpha value is -1.13. The average Bonchev–Trinajstić information content (AvgIpc) is 2.30. The smallest absolute Gasteiger partial charge is 0.128 e. The van der Waals surface area contributed by atoms with Crippen molar-refractivity contribution >= 4 is 5.82 Å². The summed E-state index contributed by atoms with van der Waals surface area (Å²) in [6.07, 6.45) is 1.90. The van der Waals surface area contributed by atoms with E-state index in [9.17, 15) is 0 Å². The van der Waals surface area contributed by atoms with Gasteiger partial charge in [-0.25, -0.2) is 4.98 Å². The maximum absolute atomic E-state index is 5.13. The SMILES string of the molecule is CNCc1ccc(N(C)C(C)COC)nc1. The number of rotatable bonds is 6. The van der Waals surface area contributed by atoms with Crippen LogP contribution in [-0.2, 0) is 11.3 Å². The van der Waals surface area contributed by atoms with Crippen molar-refractivity contribution < 1.29 is 4.74 Å². The largest absolute Gasteiger partial charge is 0.383 e. The first-order chi connectivity index (χ1) is 7.69. The lowest BCUT2D eigenvalue weighted by molar-refractivity contribution is 0.183. The van der Waals surface area contributed by atoms with Gasteiger partial charge in [0.2, 0.25) is 0 Å². The topological polar surface area (TPSA) is 37.4 Å². The molecule has 16 heavy (non-hydrogen) atoms. The molecule has 1 rings (SSSR count). The van der Waals surface area contributed by atoms with Gasteiger partial charge in [-0.05, 0) is 25.6 Å². The summed E-state index contributed by atoms with van der Waals surface area (Å²) >= 11 is 0. The Kier molecular flexibility index (Phi) is 5.22. The second-order valence-electron chi connectivity index (χ2n) is 3.97. The van der Waals surface area contributed by atoms with E-state index in [0.717, 1.165) is 12.4 Å². The molecule has 0 saturated carbocycles. The molecule has 1 atom stereocenters. The molecule has 0 aliphatic heterocycles. The summed E-state index contributed by atoms with van der Waals surface area (Å²) in [6.45, 7) is 3.67. The minimum Gasteiger partial charge on any atom is -0.383 e. The van der Waals surface area contributed by atoms with Crippen LogP contribution in [0.3, 0.4) is 0 Å². The summed E-state index contributed by atoms with van der Waals surface area (Å²) in [5.41, 5.74) is 1.19. The molecule has 0 fully saturated rings. The minimum absolute atomic E-state index is 0.327. The molecule has 90 valence electrons. The van der Waals surface area contributed by atoms with Crippen molar-refractivity contribution in [2.45, 2.75) is 19.5 Å². The maximum Gasteiger partial charge on any atom is 0.128 e. The third kappa shape index (κ3) is 3.47. The zero-order chi connectivity index (χ0) is 12.0. The third-order valence-electron chi connectivity index (χ3n) is 2.62. The van der Waals surface area contributed by atoms with E-state index < -0.39 is 0 Å². The van der Waals surface area contributed by atoms with Crippen molar-refractivity contribution in [1.29, 1.82) is 0 Å². The molecule has 0 aromatic carbocycles. The highest BCUT2D eigenvalue weighted by Crippen LogP contribution is 2.12. The number of anilines is 1. The second-order valence-corrected chi connectivity index (χ2v) is 3.97. The molecule has 4 nitrogen and oxygen atoms in total. The van der Waals surface area contributed by atoms with E-state index in [-0.39, 0.29) is 0 Å². The summed E-state index contributed by atoms with van der Waals surface area (Å²) in [5.74, 6) is 0.976. The first-order valence-electron chi connectivity index (χ1n) is 5.50. The lowest BCUT2D eigenvalue weighted by Gasteiger charge is -2.25. The number of ether oxygens (including phenoxy) is 1. The minimum atomic E-state index is 0.327. The van der Waals surface area contributed by atoms with E-state index in [1.54, 1.807) is 7.11 Å². The Labute approximate surface area is 97.6 Å². The van der Waals surface area contributed by atoms with Gasteiger partial charge in [-0.2, -0.15) is 0 Å². The molecule has 0 aliphatic rings. The van der Waals surface area contributed by atoms with Gasteiger partial charge in [0.1, 0.15) is 5.82 Å². The van der Waals surface area contributed by atoms with Gasteiger partial charge in [-0.15, -0.1) is 0 Å². The molecule has 4 heteroatoms. The number of nitrogens with one attached hydrogen (secondary N) is 1. The van der Waals surface area contributed by atoms with Crippen LogP contribution in [0.5, 0.6) is 0 Å². The molecule has 0 saturated heterocycles. The van der Waals surface area contributed by atoms with Gasteiger partial charge < -0.3 is 15.0 Å². The van der Waals surface area contributed by atoms with E-state index in [4.69, 9.17) is 4.74 Å². The Morgan fingerprint density at radius 3 is 2.75 bits per heavy atom. The lowest BCUT2D eigenvalue weighted by atomic mass is 10.2. The van der Waals surface area contributed by atoms with Crippen molar-refractivity contribution in [2.24, 2.45) is 0 Å². The zero-order valence-corrected chi connectivity index (χ0v) is 10.5. The fraction of sp³-hybridized carbons (Fsp3) is 0.583. The zero-order valence-electron chi connectivity index (χ0n) is 10.5. The van der Waals surface area contributed by atoms with E-state index in [2.05, 4.69) is 28.2 Å². The number of nitrogens with zero attached hydrogens (tertiary/aromatic N) is 2. The predicted octanol–water partition coefficient (Wildman–Crippen LogP) is 1.27. The van der Waals surface area contributed by atoms with Crippen LogP contribution in [0, 0.1) is 0 Å². The molecular weight excluding hydrogens is 202 g/mol. The highest BCUT2D eigenvalue weighted by molar-refractivity contribution is 5.39. The Bertz CT molecular complexity index is 300. The number of likely N-dealkylation sites (N-methyl/N-ethyl adjacent to an activating group) is 1. The Morgan fingerprint density at radius 2 is 2.25 bits per heavy atom. The number of aromatic nitrogens is 1. The molecule has 0 spiro atoms. The first-order valence-corrected chi connectivity index (χ1v) is 5.50. The Balaban J connectivity index is 2.65. The number of hydrogen-bond acceptors (Lipinski definition) is 4. The summed E-state index contributed by atoms with van der Waals surface area (Å²) in [4.78, 5) is 6.55. The molecule has 1 unspecified atom stereocenters. The normalized spacial score (nSPS) is 12.5. The highest BCUT2D eigenvalue weighted by atomic mass is 16.5. The van der Waals surface area contributed by atoms with Crippen molar-refractivity contribution in [3.8, 4) is 0 Å². The fourth-order valence-electron chi connectivity index (χ4n) is 1.51. The summed E-state index contributed by atoms with van der Waals surface area (Å²) < 4.78 is 5.13. The van der Waals surface area contributed by atoms with Crippen molar-refractivity contribution in [2.75, 3.05) is 32.7 Å². The van der Waals surface area contributed by atoms with Gasteiger partial charge in [0.15, 0.2) is 0 Å². The van der Waals surface area contributed by atoms with Crippen molar-refractivity contribution in [3.05, 3.63) is 23.9 Å². The molecule has 1 aromatic heterocycles. The van der Waals surface area contributed by atoms with Crippen LogP contribution in [0.25, 0.3) is 0 Å². The number of hydrogen-bond donors (Lipinski definition) is 1. The molecule has 1 heterocycles. The summed E-state index contributed by atoms with van der Waals surface area (Å²) in [7, 11) is 5.68. The molecule has 1 aromatic rings. The van der Waals surface area contributed by atoms with E-state index >= 15 is 0 Å². The quantitative estimate of drug-likeness (QED) is 0.788. The molecule has 0 bridgehead atoms. The predicted molar refractivity (Wildman–Crippen MR) is 66.7 cm³/mol. The summed E-state index contributed by atoms with van der Waals surface area (Å²) in [6, 6.07) is 4.46. The molecule has 1 N–H and O–H groups in total. The monoisotopic (exact) mass is 223 g/mol. The van der Waals surface area contributed by atoms with Crippen LogP contribution in [-0.4, -0.2) is 38.8 Å². The van der Waals surface area contributed by atoms with Gasteiger partial charge in [0.05, 0.1) is 12.6 Å². The van der Waals surface area contributed by atoms with E-state index in [1.807, 2.05) is 26.4 Å². The van der Waals surface area contributed by atoms with Crippen LogP contribution in [0.4, 0.5) is 5.82 Å². The molecule has 0 radical (unpaired) electrons. The maximum atomic E-state index is 5.13. The highest BCUT2D eigenvalue weighted by Gasteiger charge is 2.10. The lowest BCUT2D eigenvalue weighted by Crippen LogP contribution is -2.33. The molecule has 0 aliphatic carbocycles. The Morgan fingerprint density at radius 1 is 1.50 bits per heavy atom. The van der Waals surface area contributed by atoms with Crippen LogP contribution in [0.1, 0.15) is 12.5 Å². The van der Waals surface area contributed by atoms with E-state index in [1.165, 1.54) is 5.56 Å². The average molecular weight is 223 g/mol. The first kappa shape index (κ1) is 12.9. The van der Waals surface area contributed by atoms with Gasteiger partial charge in [-0.3, -0.25) is 0 Å². The van der Waals surface area contributed by atoms with Gasteiger partial charge in [0, 0.05) is 26.9 Å². The molecule has 0 amide bonds. The standard InChI is InChI=1S/C12H21N3O/c1-10(9-16-4)15(3)12-6-5-11(7-13-2)8-14-12/h5-6,8,10,13H,7,9H2,1-4H3. The molecular formula is C12H21N3O. The van der Waals surface area contributed by atoms with Crippen LogP contribution < -0.4 is 10.2 Å². The van der Waals surface area contributed by atoms with Gasteiger partial charge in [0.25, 0.3) is 0 Å². The third-order valence-corrected chi connectivity index (χ3v) is 2.62. The van der Waals surface area contributed by atoms with Crippen LogP contribution in [0.15, 0.2) is 18.3 Å². The van der Waals surface area contributed by atoms with Crippen LogP contribution >= 0.6 is 0 Å². The fourth-order valence-corrected chi connectivity index (χ4v) is 1.51. The number of pyridine rings is 1. The number of methoxy groups -OCH3 is 1. The van der Waals surface area contributed by atoms with Crippen LogP contribution in [0.2, 0.25) is 0 Å². The van der Waals surface area contributed by atoms with Crippen molar-refractivity contribution in [3.63, 3.8) is 0 Å². The van der Waals surface area contributed by atoms with Gasteiger partial charge in [-0.1, -0.05) is 6.07 Å². The van der Waals surface area contributed by atoms with Crippen molar-refractivity contribution in [1.82, 2.24) is 10.3 Å². The summed E-state index contributed by atoms with van der Waals surface area (Å²) in [5, 5.41) is 3.10.